The van der Waals surface area contributed by atoms with Crippen LogP contribution < -0.4 is 11.1 Å². The van der Waals surface area contributed by atoms with Crippen LogP contribution in [0.2, 0.25) is 0 Å². The van der Waals surface area contributed by atoms with E-state index >= 15 is 0 Å². The maximum Gasteiger partial charge on any atom is 0.220 e. The molecule has 1 saturated carbocycles. The fourth-order valence-electron chi connectivity index (χ4n) is 2.26. The zero-order valence-corrected chi connectivity index (χ0v) is 9.96. The molecule has 0 aromatic rings. The second-order valence-electron chi connectivity index (χ2n) is 4.92. The minimum absolute atomic E-state index is 0.123. The summed E-state index contributed by atoms with van der Waals surface area (Å²) in [6.45, 7) is 4.06. The predicted molar refractivity (Wildman–Crippen MR) is 62.4 cm³/mol. The van der Waals surface area contributed by atoms with E-state index in [0.717, 1.165) is 6.42 Å². The molecule has 1 fully saturated rings. The Morgan fingerprint density at radius 2 is 2.00 bits per heavy atom. The van der Waals surface area contributed by atoms with Crippen LogP contribution in [0.1, 0.15) is 52.4 Å². The topological polar surface area (TPSA) is 55.1 Å². The van der Waals surface area contributed by atoms with Gasteiger partial charge in [0.2, 0.25) is 5.91 Å². The monoisotopic (exact) mass is 212 g/mol. The predicted octanol–water partition coefficient (Wildman–Crippen LogP) is 1.81. The van der Waals surface area contributed by atoms with Crippen LogP contribution in [0.5, 0.6) is 0 Å². The van der Waals surface area contributed by atoms with Crippen LogP contribution in [-0.4, -0.2) is 18.0 Å². The third-order valence-electron chi connectivity index (χ3n) is 3.32. The van der Waals surface area contributed by atoms with E-state index in [2.05, 4.69) is 12.2 Å². The highest BCUT2D eigenvalue weighted by molar-refractivity contribution is 5.76. The number of hydrogen-bond donors (Lipinski definition) is 2. The first-order valence-electron chi connectivity index (χ1n) is 6.14. The standard InChI is InChI=1S/C12H24N2O/c1-9(13)7-8-12(15)14-10(2)11-5-3-4-6-11/h9-11H,3-8,13H2,1-2H3,(H,14,15). The zero-order chi connectivity index (χ0) is 11.3. The highest BCUT2D eigenvalue weighted by Crippen LogP contribution is 2.27. The minimum Gasteiger partial charge on any atom is -0.353 e. The molecule has 0 spiro atoms. The summed E-state index contributed by atoms with van der Waals surface area (Å²) in [5, 5.41) is 3.08. The van der Waals surface area contributed by atoms with Crippen LogP contribution in [0.25, 0.3) is 0 Å². The van der Waals surface area contributed by atoms with E-state index in [-0.39, 0.29) is 11.9 Å². The van der Waals surface area contributed by atoms with Crippen molar-refractivity contribution in [2.75, 3.05) is 0 Å². The average Bonchev–Trinajstić information content (AvgIpc) is 2.67. The van der Waals surface area contributed by atoms with Crippen molar-refractivity contribution in [3.63, 3.8) is 0 Å². The molecule has 0 heterocycles. The highest BCUT2D eigenvalue weighted by atomic mass is 16.1. The van der Waals surface area contributed by atoms with Gasteiger partial charge in [-0.2, -0.15) is 0 Å². The number of nitrogens with two attached hydrogens (primary N) is 1. The first kappa shape index (κ1) is 12.5. The Hall–Kier alpha value is -0.570. The van der Waals surface area contributed by atoms with Crippen LogP contribution in [0.15, 0.2) is 0 Å². The lowest BCUT2D eigenvalue weighted by atomic mass is 9.99. The smallest absolute Gasteiger partial charge is 0.220 e. The molecule has 15 heavy (non-hydrogen) atoms. The van der Waals surface area contributed by atoms with Crippen LogP contribution >= 0.6 is 0 Å². The molecule has 1 aliphatic rings. The average molecular weight is 212 g/mol. The van der Waals surface area contributed by atoms with Crippen molar-refractivity contribution in [1.29, 1.82) is 0 Å². The number of rotatable bonds is 5. The molecule has 0 radical (unpaired) electrons. The van der Waals surface area contributed by atoms with Gasteiger partial charge in [0.25, 0.3) is 0 Å². The van der Waals surface area contributed by atoms with E-state index in [4.69, 9.17) is 5.73 Å². The fourth-order valence-corrected chi connectivity index (χ4v) is 2.26. The van der Waals surface area contributed by atoms with E-state index < -0.39 is 0 Å². The van der Waals surface area contributed by atoms with Crippen molar-refractivity contribution in [2.45, 2.75) is 64.5 Å². The van der Waals surface area contributed by atoms with Gasteiger partial charge in [-0.3, -0.25) is 4.79 Å². The molecule has 2 atom stereocenters. The van der Waals surface area contributed by atoms with Crippen molar-refractivity contribution in [3.05, 3.63) is 0 Å². The Bertz CT molecular complexity index is 198. The van der Waals surface area contributed by atoms with Crippen molar-refractivity contribution >= 4 is 5.91 Å². The molecule has 3 heteroatoms. The molecule has 0 aliphatic heterocycles. The van der Waals surface area contributed by atoms with Gasteiger partial charge in [0.15, 0.2) is 0 Å². The summed E-state index contributed by atoms with van der Waals surface area (Å²) in [6.07, 6.45) is 6.54. The maximum atomic E-state index is 11.5. The third kappa shape index (κ3) is 4.65. The summed E-state index contributed by atoms with van der Waals surface area (Å²) < 4.78 is 0. The summed E-state index contributed by atoms with van der Waals surface area (Å²) in [6, 6.07) is 0.464. The molecule has 3 nitrogen and oxygen atoms in total. The second-order valence-corrected chi connectivity index (χ2v) is 4.92. The van der Waals surface area contributed by atoms with Crippen molar-refractivity contribution < 1.29 is 4.79 Å². The van der Waals surface area contributed by atoms with E-state index in [1.165, 1.54) is 25.7 Å². The zero-order valence-electron chi connectivity index (χ0n) is 9.96. The maximum absolute atomic E-state index is 11.5. The van der Waals surface area contributed by atoms with Crippen LogP contribution in [0, 0.1) is 5.92 Å². The second kappa shape index (κ2) is 6.11. The molecule has 1 aliphatic carbocycles. The molecular weight excluding hydrogens is 188 g/mol. The quantitative estimate of drug-likeness (QED) is 0.730. The summed E-state index contributed by atoms with van der Waals surface area (Å²) in [4.78, 5) is 11.5. The number of nitrogens with one attached hydrogen (secondary N) is 1. The Kier molecular flexibility index (Phi) is 5.09. The van der Waals surface area contributed by atoms with E-state index in [0.29, 0.717) is 18.4 Å². The van der Waals surface area contributed by atoms with Gasteiger partial charge in [-0.15, -0.1) is 0 Å². The molecule has 1 amide bonds. The molecule has 3 N–H and O–H groups in total. The van der Waals surface area contributed by atoms with Crippen molar-refractivity contribution in [1.82, 2.24) is 5.32 Å². The normalized spacial score (nSPS) is 21.3. The lowest BCUT2D eigenvalue weighted by Gasteiger charge is -2.20. The van der Waals surface area contributed by atoms with E-state index in [1.54, 1.807) is 0 Å². The molecule has 0 saturated heterocycles. The number of carbonyl (C=O) groups excluding carboxylic acids is 1. The van der Waals surface area contributed by atoms with Gasteiger partial charge in [-0.1, -0.05) is 12.8 Å². The SMILES string of the molecule is CC(N)CCC(=O)NC(C)C1CCCC1. The lowest BCUT2D eigenvalue weighted by molar-refractivity contribution is -0.122. The van der Waals surface area contributed by atoms with Gasteiger partial charge in [-0.05, 0) is 39.0 Å². The Labute approximate surface area is 92.8 Å². The highest BCUT2D eigenvalue weighted by Gasteiger charge is 2.22. The first-order valence-corrected chi connectivity index (χ1v) is 6.14. The molecule has 88 valence electrons. The molecule has 2 unspecified atom stereocenters. The molecular formula is C12H24N2O. The fraction of sp³-hybridized carbons (Fsp3) is 0.917. The molecule has 0 bridgehead atoms. The van der Waals surface area contributed by atoms with Crippen LogP contribution in [0.3, 0.4) is 0 Å². The first-order chi connectivity index (χ1) is 7.09. The number of hydrogen-bond acceptors (Lipinski definition) is 2. The van der Waals surface area contributed by atoms with Gasteiger partial charge >= 0.3 is 0 Å². The van der Waals surface area contributed by atoms with Gasteiger partial charge < -0.3 is 11.1 Å². The van der Waals surface area contributed by atoms with Crippen LogP contribution in [0.4, 0.5) is 0 Å². The van der Waals surface area contributed by atoms with E-state index in [9.17, 15) is 4.79 Å². The lowest BCUT2D eigenvalue weighted by Crippen LogP contribution is -2.37. The Morgan fingerprint density at radius 1 is 1.40 bits per heavy atom. The summed E-state index contributed by atoms with van der Waals surface area (Å²) in [5.74, 6) is 0.857. The van der Waals surface area contributed by atoms with E-state index in [1.807, 2.05) is 6.92 Å². The Balaban J connectivity index is 2.18. The van der Waals surface area contributed by atoms with Crippen LogP contribution in [-0.2, 0) is 4.79 Å². The summed E-state index contributed by atoms with van der Waals surface area (Å²) in [7, 11) is 0. The largest absolute Gasteiger partial charge is 0.353 e. The van der Waals surface area contributed by atoms with Crippen molar-refractivity contribution in [3.8, 4) is 0 Å². The molecule has 1 rings (SSSR count). The van der Waals surface area contributed by atoms with Gasteiger partial charge in [0, 0.05) is 18.5 Å². The van der Waals surface area contributed by atoms with Gasteiger partial charge in [-0.25, -0.2) is 0 Å². The van der Waals surface area contributed by atoms with Gasteiger partial charge in [0.05, 0.1) is 0 Å². The minimum atomic E-state index is 0.123. The summed E-state index contributed by atoms with van der Waals surface area (Å²) >= 11 is 0. The Morgan fingerprint density at radius 3 is 2.53 bits per heavy atom. The third-order valence-corrected chi connectivity index (χ3v) is 3.32. The molecule has 0 aromatic carbocycles. The van der Waals surface area contributed by atoms with Crippen molar-refractivity contribution in [2.24, 2.45) is 11.7 Å². The number of carbonyl (C=O) groups is 1. The van der Waals surface area contributed by atoms with Gasteiger partial charge in [0.1, 0.15) is 0 Å². The number of amides is 1. The molecule has 0 aromatic heterocycles. The summed E-state index contributed by atoms with van der Waals surface area (Å²) in [5.41, 5.74) is 5.61.